The number of hydrogen-bond donors (Lipinski definition) is 0. The lowest BCUT2D eigenvalue weighted by Gasteiger charge is -2.26. The van der Waals surface area contributed by atoms with Crippen LogP contribution in [0.4, 0.5) is 0 Å². The van der Waals surface area contributed by atoms with Crippen LogP contribution in [-0.2, 0) is 11.3 Å². The lowest BCUT2D eigenvalue weighted by atomic mass is 9.80. The predicted octanol–water partition coefficient (Wildman–Crippen LogP) is 2.90. The van der Waals surface area contributed by atoms with Gasteiger partial charge in [0.05, 0.1) is 7.11 Å². The van der Waals surface area contributed by atoms with E-state index in [4.69, 9.17) is 4.74 Å². The van der Waals surface area contributed by atoms with Crippen molar-refractivity contribution in [1.82, 2.24) is 4.90 Å². The Morgan fingerprint density at radius 2 is 2.10 bits per heavy atom. The number of benzene rings is 1. The van der Waals surface area contributed by atoms with Crippen LogP contribution in [0.5, 0.6) is 5.75 Å². The van der Waals surface area contributed by atoms with Crippen LogP contribution in [-0.4, -0.2) is 30.7 Å². The molecule has 1 unspecified atom stereocenters. The van der Waals surface area contributed by atoms with Crippen LogP contribution in [0, 0.1) is 11.3 Å². The molecule has 1 aliphatic heterocycles. The molecule has 1 saturated heterocycles. The van der Waals surface area contributed by atoms with E-state index >= 15 is 0 Å². The molecule has 1 atom stereocenters. The molecule has 0 radical (unpaired) electrons. The molecule has 0 bridgehead atoms. The molecule has 1 fully saturated rings. The van der Waals surface area contributed by atoms with Crippen molar-refractivity contribution >= 4 is 12.2 Å². The summed E-state index contributed by atoms with van der Waals surface area (Å²) in [6.45, 7) is 7.76. The first-order valence-corrected chi connectivity index (χ1v) is 7.25. The smallest absolute Gasteiger partial charge is 0.223 e. The van der Waals surface area contributed by atoms with Crippen LogP contribution in [0.2, 0.25) is 0 Å². The number of aldehydes is 1. The molecule has 1 heterocycles. The maximum atomic E-state index is 12.2. The van der Waals surface area contributed by atoms with Crippen LogP contribution in [0.25, 0.3) is 0 Å². The average Bonchev–Trinajstić information content (AvgIpc) is 2.80. The molecule has 2 rings (SSSR count). The Balaban J connectivity index is 2.18. The molecule has 0 aliphatic carbocycles. The zero-order valence-electron chi connectivity index (χ0n) is 13.2. The van der Waals surface area contributed by atoms with Crippen molar-refractivity contribution < 1.29 is 14.3 Å². The van der Waals surface area contributed by atoms with E-state index in [9.17, 15) is 9.59 Å². The molecule has 4 nitrogen and oxygen atoms in total. The minimum atomic E-state index is 0.124. The van der Waals surface area contributed by atoms with Gasteiger partial charge in [-0.05, 0) is 29.5 Å². The fourth-order valence-corrected chi connectivity index (χ4v) is 2.71. The van der Waals surface area contributed by atoms with Gasteiger partial charge in [0.25, 0.3) is 0 Å². The van der Waals surface area contributed by atoms with Crippen LogP contribution in [0.15, 0.2) is 18.2 Å². The SMILES string of the molecule is COc1ccc(C=O)cc1CN1CC(C(C)(C)C)CC1=O. The van der Waals surface area contributed by atoms with Crippen molar-refractivity contribution in [1.29, 1.82) is 0 Å². The van der Waals surface area contributed by atoms with Crippen LogP contribution >= 0.6 is 0 Å². The van der Waals surface area contributed by atoms with Crippen molar-refractivity contribution in [2.45, 2.75) is 33.7 Å². The molecule has 0 N–H and O–H groups in total. The highest BCUT2D eigenvalue weighted by molar-refractivity contribution is 5.79. The van der Waals surface area contributed by atoms with E-state index in [-0.39, 0.29) is 11.3 Å². The molecule has 21 heavy (non-hydrogen) atoms. The second-order valence-electron chi connectivity index (χ2n) is 6.73. The molecule has 1 aromatic carbocycles. The lowest BCUT2D eigenvalue weighted by Crippen LogP contribution is -2.27. The summed E-state index contributed by atoms with van der Waals surface area (Å²) < 4.78 is 5.33. The largest absolute Gasteiger partial charge is 0.496 e. The maximum Gasteiger partial charge on any atom is 0.223 e. The highest BCUT2D eigenvalue weighted by Gasteiger charge is 2.36. The Labute approximate surface area is 126 Å². The van der Waals surface area contributed by atoms with E-state index in [0.29, 0.717) is 30.2 Å². The third-order valence-electron chi connectivity index (χ3n) is 4.24. The Bertz CT molecular complexity index is 545. The van der Waals surface area contributed by atoms with Gasteiger partial charge in [-0.2, -0.15) is 0 Å². The number of hydrogen-bond acceptors (Lipinski definition) is 3. The monoisotopic (exact) mass is 289 g/mol. The second kappa shape index (κ2) is 5.88. The van der Waals surface area contributed by atoms with Gasteiger partial charge >= 0.3 is 0 Å². The molecule has 4 heteroatoms. The first-order valence-electron chi connectivity index (χ1n) is 7.25. The van der Waals surface area contributed by atoms with Gasteiger partial charge in [-0.15, -0.1) is 0 Å². The van der Waals surface area contributed by atoms with Gasteiger partial charge in [-0.3, -0.25) is 9.59 Å². The van der Waals surface area contributed by atoms with Crippen LogP contribution in [0.1, 0.15) is 43.1 Å². The van der Waals surface area contributed by atoms with Gasteiger partial charge in [0.15, 0.2) is 0 Å². The highest BCUT2D eigenvalue weighted by atomic mass is 16.5. The van der Waals surface area contributed by atoms with Gasteiger partial charge in [-0.1, -0.05) is 20.8 Å². The van der Waals surface area contributed by atoms with Crippen molar-refractivity contribution in [3.8, 4) is 5.75 Å². The molecule has 0 aromatic heterocycles. The molecule has 1 amide bonds. The van der Waals surface area contributed by atoms with Gasteiger partial charge in [0.2, 0.25) is 5.91 Å². The summed E-state index contributed by atoms with van der Waals surface area (Å²) in [4.78, 5) is 25.0. The average molecular weight is 289 g/mol. The number of carbonyl (C=O) groups is 2. The molecule has 0 spiro atoms. The zero-order chi connectivity index (χ0) is 15.6. The van der Waals surface area contributed by atoms with E-state index in [2.05, 4.69) is 20.8 Å². The molecule has 0 saturated carbocycles. The molecule has 1 aliphatic rings. The minimum absolute atomic E-state index is 0.124. The molecule has 1 aromatic rings. The van der Waals surface area contributed by atoms with E-state index in [1.165, 1.54) is 0 Å². The highest BCUT2D eigenvalue weighted by Crippen LogP contribution is 2.35. The fraction of sp³-hybridized carbons (Fsp3) is 0.529. The van der Waals surface area contributed by atoms with Gasteiger partial charge in [-0.25, -0.2) is 0 Å². The maximum absolute atomic E-state index is 12.2. The third kappa shape index (κ3) is 3.43. The topological polar surface area (TPSA) is 46.6 Å². The first kappa shape index (κ1) is 15.5. The van der Waals surface area contributed by atoms with E-state index < -0.39 is 0 Å². The number of ether oxygens (including phenoxy) is 1. The minimum Gasteiger partial charge on any atom is -0.496 e. The Morgan fingerprint density at radius 1 is 1.38 bits per heavy atom. The normalized spacial score (nSPS) is 19.0. The number of methoxy groups -OCH3 is 1. The van der Waals surface area contributed by atoms with Crippen molar-refractivity contribution in [2.75, 3.05) is 13.7 Å². The number of amides is 1. The summed E-state index contributed by atoms with van der Waals surface area (Å²) in [6.07, 6.45) is 1.41. The standard InChI is InChI=1S/C17H23NO3/c1-17(2,3)14-8-16(20)18(10-14)9-13-7-12(11-19)5-6-15(13)21-4/h5-7,11,14H,8-10H2,1-4H3. The molecule has 114 valence electrons. The van der Waals surface area contributed by atoms with Crippen molar-refractivity contribution in [3.63, 3.8) is 0 Å². The van der Waals surface area contributed by atoms with Crippen molar-refractivity contribution in [2.24, 2.45) is 11.3 Å². The Hall–Kier alpha value is -1.84. The Morgan fingerprint density at radius 3 is 2.62 bits per heavy atom. The number of nitrogens with zero attached hydrogens (tertiary/aromatic N) is 1. The first-order chi connectivity index (χ1) is 9.85. The lowest BCUT2D eigenvalue weighted by molar-refractivity contribution is -0.128. The third-order valence-corrected chi connectivity index (χ3v) is 4.24. The van der Waals surface area contributed by atoms with E-state index in [1.54, 1.807) is 25.3 Å². The van der Waals surface area contributed by atoms with E-state index in [0.717, 1.165) is 18.4 Å². The van der Waals surface area contributed by atoms with Gasteiger partial charge < -0.3 is 9.64 Å². The number of carbonyl (C=O) groups excluding carboxylic acids is 2. The molecular weight excluding hydrogens is 266 g/mol. The second-order valence-corrected chi connectivity index (χ2v) is 6.73. The summed E-state index contributed by atoms with van der Waals surface area (Å²) >= 11 is 0. The van der Waals surface area contributed by atoms with Crippen LogP contribution < -0.4 is 4.74 Å². The fourth-order valence-electron chi connectivity index (χ4n) is 2.71. The quantitative estimate of drug-likeness (QED) is 0.801. The van der Waals surface area contributed by atoms with Gasteiger partial charge in [0, 0.05) is 30.6 Å². The van der Waals surface area contributed by atoms with E-state index in [1.807, 2.05) is 4.90 Å². The summed E-state index contributed by atoms with van der Waals surface area (Å²) in [5.74, 6) is 1.26. The molecular formula is C17H23NO3. The summed E-state index contributed by atoms with van der Waals surface area (Å²) in [5.41, 5.74) is 1.61. The summed E-state index contributed by atoms with van der Waals surface area (Å²) in [6, 6.07) is 5.30. The van der Waals surface area contributed by atoms with Gasteiger partial charge in [0.1, 0.15) is 12.0 Å². The predicted molar refractivity (Wildman–Crippen MR) is 81.4 cm³/mol. The Kier molecular flexibility index (Phi) is 4.35. The van der Waals surface area contributed by atoms with Crippen LogP contribution in [0.3, 0.4) is 0 Å². The van der Waals surface area contributed by atoms with Crippen molar-refractivity contribution in [3.05, 3.63) is 29.3 Å². The summed E-state index contributed by atoms with van der Waals surface area (Å²) in [5, 5.41) is 0. The number of rotatable bonds is 4. The zero-order valence-corrected chi connectivity index (χ0v) is 13.2. The number of likely N-dealkylation sites (tertiary alicyclic amines) is 1. The summed E-state index contributed by atoms with van der Waals surface area (Å²) in [7, 11) is 1.60.